The second-order valence-corrected chi connectivity index (χ2v) is 6.21. The van der Waals surface area contributed by atoms with Crippen LogP contribution in [0.1, 0.15) is 30.4 Å². The monoisotopic (exact) mass is 259 g/mol. The van der Waals surface area contributed by atoms with Gasteiger partial charge in [0.05, 0.1) is 0 Å². The Balaban J connectivity index is 1.72. The van der Waals surface area contributed by atoms with Crippen LogP contribution in [-0.4, -0.2) is 42.0 Å². The summed E-state index contributed by atoms with van der Waals surface area (Å²) in [6.45, 7) is 5.62. The molecular weight excluding hydrogens is 234 g/mol. The van der Waals surface area contributed by atoms with Gasteiger partial charge in [-0.15, -0.1) is 0 Å². The fourth-order valence-corrected chi connectivity index (χ4v) is 3.64. The number of hydrogen-bond acceptors (Lipinski definition) is 3. The summed E-state index contributed by atoms with van der Waals surface area (Å²) in [5.41, 5.74) is 9.58. The fourth-order valence-electron chi connectivity index (χ4n) is 3.64. The first-order valence-corrected chi connectivity index (χ1v) is 7.43. The molecule has 0 aromatic heterocycles. The minimum Gasteiger partial charge on any atom is -0.399 e. The molecule has 2 N–H and O–H groups in total. The zero-order valence-corrected chi connectivity index (χ0v) is 12.1. The maximum absolute atomic E-state index is 6.01. The smallest absolute Gasteiger partial charge is 0.0346 e. The van der Waals surface area contributed by atoms with E-state index in [-0.39, 0.29) is 0 Å². The lowest BCUT2D eigenvalue weighted by molar-refractivity contribution is 0.214. The number of anilines is 1. The lowest BCUT2D eigenvalue weighted by Gasteiger charge is -2.26. The zero-order chi connectivity index (χ0) is 13.4. The molecule has 2 saturated heterocycles. The summed E-state index contributed by atoms with van der Waals surface area (Å²) < 4.78 is 0. The van der Waals surface area contributed by atoms with Crippen LogP contribution in [-0.2, 0) is 6.54 Å². The Hall–Kier alpha value is -1.06. The van der Waals surface area contributed by atoms with Crippen molar-refractivity contribution in [2.75, 3.05) is 25.9 Å². The Morgan fingerprint density at radius 3 is 2.84 bits per heavy atom. The maximum atomic E-state index is 6.01. The third-order valence-corrected chi connectivity index (χ3v) is 5.11. The van der Waals surface area contributed by atoms with Gasteiger partial charge in [-0.05, 0) is 50.4 Å². The minimum atomic E-state index is 0.758. The van der Waals surface area contributed by atoms with Crippen LogP contribution in [0.5, 0.6) is 0 Å². The highest BCUT2D eigenvalue weighted by molar-refractivity contribution is 5.49. The van der Waals surface area contributed by atoms with Crippen molar-refractivity contribution in [3.63, 3.8) is 0 Å². The normalized spacial score (nSPS) is 28.5. The van der Waals surface area contributed by atoms with Gasteiger partial charge < -0.3 is 5.73 Å². The largest absolute Gasteiger partial charge is 0.399 e. The SMILES string of the molecule is Cc1c(N)cccc1CN1CCC2CCC(C1)N2C. The molecule has 1 aromatic rings. The number of nitrogens with two attached hydrogens (primary N) is 1. The quantitative estimate of drug-likeness (QED) is 0.827. The number of hydrogen-bond donors (Lipinski definition) is 1. The van der Waals surface area contributed by atoms with Crippen molar-refractivity contribution in [2.24, 2.45) is 0 Å². The fraction of sp³-hybridized carbons (Fsp3) is 0.625. The van der Waals surface area contributed by atoms with E-state index < -0.39 is 0 Å². The Morgan fingerprint density at radius 2 is 2.00 bits per heavy atom. The van der Waals surface area contributed by atoms with Gasteiger partial charge in [-0.3, -0.25) is 9.80 Å². The standard InChI is InChI=1S/C16H25N3/c1-12-13(4-3-5-16(12)17)10-19-9-8-14-6-7-15(11-19)18(14)2/h3-5,14-15H,6-11,17H2,1-2H3. The molecule has 2 aliphatic rings. The molecule has 104 valence electrons. The molecule has 0 radical (unpaired) electrons. The molecule has 0 spiro atoms. The molecule has 3 rings (SSSR count). The molecule has 0 aliphatic carbocycles. The Bertz CT molecular complexity index is 457. The Morgan fingerprint density at radius 1 is 1.21 bits per heavy atom. The van der Waals surface area contributed by atoms with Gasteiger partial charge in [0.15, 0.2) is 0 Å². The summed E-state index contributed by atoms with van der Waals surface area (Å²) >= 11 is 0. The highest BCUT2D eigenvalue weighted by atomic mass is 15.3. The van der Waals surface area contributed by atoms with E-state index in [1.54, 1.807) is 0 Å². The van der Waals surface area contributed by atoms with Crippen molar-refractivity contribution in [1.82, 2.24) is 9.80 Å². The van der Waals surface area contributed by atoms with Gasteiger partial charge in [0.2, 0.25) is 0 Å². The summed E-state index contributed by atoms with van der Waals surface area (Å²) in [5.74, 6) is 0. The van der Waals surface area contributed by atoms with Crippen molar-refractivity contribution < 1.29 is 0 Å². The highest BCUT2D eigenvalue weighted by Gasteiger charge is 2.34. The third kappa shape index (κ3) is 2.49. The van der Waals surface area contributed by atoms with Crippen molar-refractivity contribution in [3.05, 3.63) is 29.3 Å². The van der Waals surface area contributed by atoms with E-state index in [2.05, 4.69) is 35.9 Å². The van der Waals surface area contributed by atoms with Crippen LogP contribution < -0.4 is 5.73 Å². The first-order chi connectivity index (χ1) is 9.15. The number of rotatable bonds is 2. The van der Waals surface area contributed by atoms with Crippen molar-refractivity contribution in [2.45, 2.75) is 44.8 Å². The lowest BCUT2D eigenvalue weighted by Crippen LogP contribution is -2.36. The van der Waals surface area contributed by atoms with Crippen LogP contribution in [0.25, 0.3) is 0 Å². The molecular formula is C16H25N3. The number of benzene rings is 1. The van der Waals surface area contributed by atoms with E-state index >= 15 is 0 Å². The molecule has 19 heavy (non-hydrogen) atoms. The summed E-state index contributed by atoms with van der Waals surface area (Å²) in [5, 5.41) is 0. The van der Waals surface area contributed by atoms with Gasteiger partial charge in [-0.2, -0.15) is 0 Å². The Labute approximate surface area is 116 Å². The average Bonchev–Trinajstić information content (AvgIpc) is 2.63. The van der Waals surface area contributed by atoms with E-state index in [4.69, 9.17) is 5.73 Å². The summed E-state index contributed by atoms with van der Waals surface area (Å²) in [6.07, 6.45) is 4.08. The number of likely N-dealkylation sites (N-methyl/N-ethyl adjacent to an activating group) is 1. The predicted molar refractivity (Wildman–Crippen MR) is 80.1 cm³/mol. The number of likely N-dealkylation sites (tertiary alicyclic amines) is 1. The van der Waals surface area contributed by atoms with Crippen molar-refractivity contribution in [3.8, 4) is 0 Å². The maximum Gasteiger partial charge on any atom is 0.0346 e. The molecule has 0 saturated carbocycles. The van der Waals surface area contributed by atoms with Crippen LogP contribution in [0, 0.1) is 6.92 Å². The molecule has 3 nitrogen and oxygen atoms in total. The number of nitrogen functional groups attached to an aromatic ring is 1. The first kappa shape index (κ1) is 12.9. The van der Waals surface area contributed by atoms with Crippen LogP contribution in [0.2, 0.25) is 0 Å². The molecule has 2 aliphatic heterocycles. The van der Waals surface area contributed by atoms with Gasteiger partial charge >= 0.3 is 0 Å². The molecule has 2 bridgehead atoms. The molecule has 2 unspecified atom stereocenters. The van der Waals surface area contributed by atoms with Crippen molar-refractivity contribution >= 4 is 5.69 Å². The van der Waals surface area contributed by atoms with Crippen LogP contribution in [0.3, 0.4) is 0 Å². The highest BCUT2D eigenvalue weighted by Crippen LogP contribution is 2.29. The van der Waals surface area contributed by atoms with Gasteiger partial charge in [-0.25, -0.2) is 0 Å². The van der Waals surface area contributed by atoms with Gasteiger partial charge in [0.25, 0.3) is 0 Å². The molecule has 2 fully saturated rings. The minimum absolute atomic E-state index is 0.758. The second kappa shape index (κ2) is 5.14. The van der Waals surface area contributed by atoms with E-state index in [9.17, 15) is 0 Å². The Kier molecular flexibility index (Phi) is 3.50. The number of nitrogens with zero attached hydrogens (tertiary/aromatic N) is 2. The van der Waals surface area contributed by atoms with Crippen LogP contribution in [0.15, 0.2) is 18.2 Å². The van der Waals surface area contributed by atoms with Crippen molar-refractivity contribution in [1.29, 1.82) is 0 Å². The lowest BCUT2D eigenvalue weighted by atomic mass is 10.0. The van der Waals surface area contributed by atoms with Crippen LogP contribution >= 0.6 is 0 Å². The molecule has 1 aromatic carbocycles. The van der Waals surface area contributed by atoms with E-state index in [0.717, 1.165) is 24.3 Å². The van der Waals surface area contributed by atoms with Gasteiger partial charge in [0.1, 0.15) is 0 Å². The average molecular weight is 259 g/mol. The number of fused-ring (bicyclic) bond motifs is 2. The summed E-state index contributed by atoms with van der Waals surface area (Å²) in [6, 6.07) is 7.87. The molecule has 2 heterocycles. The van der Waals surface area contributed by atoms with Gasteiger partial charge in [0, 0.05) is 37.4 Å². The van der Waals surface area contributed by atoms with E-state index in [0.29, 0.717) is 0 Å². The van der Waals surface area contributed by atoms with Gasteiger partial charge in [-0.1, -0.05) is 12.1 Å². The topological polar surface area (TPSA) is 32.5 Å². The molecule has 2 atom stereocenters. The summed E-state index contributed by atoms with van der Waals surface area (Å²) in [4.78, 5) is 5.22. The zero-order valence-electron chi connectivity index (χ0n) is 12.1. The third-order valence-electron chi connectivity index (χ3n) is 5.11. The van der Waals surface area contributed by atoms with Crippen LogP contribution in [0.4, 0.5) is 5.69 Å². The summed E-state index contributed by atoms with van der Waals surface area (Å²) in [7, 11) is 2.30. The van der Waals surface area contributed by atoms with E-state index in [1.807, 2.05) is 6.07 Å². The second-order valence-electron chi connectivity index (χ2n) is 6.21. The molecule has 3 heteroatoms. The predicted octanol–water partition coefficient (Wildman–Crippen LogP) is 2.25. The first-order valence-electron chi connectivity index (χ1n) is 7.43. The van der Waals surface area contributed by atoms with E-state index in [1.165, 1.54) is 43.5 Å². The molecule has 0 amide bonds.